The molecule has 1 aromatic heterocycles. The third-order valence-corrected chi connectivity index (χ3v) is 4.46. The van der Waals surface area contributed by atoms with E-state index in [1.807, 2.05) is 38.1 Å². The van der Waals surface area contributed by atoms with E-state index in [0.717, 1.165) is 50.4 Å². The molecule has 6 nitrogen and oxygen atoms in total. The summed E-state index contributed by atoms with van der Waals surface area (Å²) >= 11 is 0. The van der Waals surface area contributed by atoms with Crippen LogP contribution in [0.5, 0.6) is 0 Å². The molecule has 1 unspecified atom stereocenters. The highest BCUT2D eigenvalue weighted by Crippen LogP contribution is 2.23. The highest BCUT2D eigenvalue weighted by molar-refractivity contribution is 5.97. The van der Waals surface area contributed by atoms with E-state index < -0.39 is 0 Å². The summed E-state index contributed by atoms with van der Waals surface area (Å²) in [6.45, 7) is 8.49. The Bertz CT molecular complexity index is 690. The van der Waals surface area contributed by atoms with Gasteiger partial charge < -0.3 is 14.5 Å². The monoisotopic (exact) mass is 343 g/mol. The Kier molecular flexibility index (Phi) is 5.83. The summed E-state index contributed by atoms with van der Waals surface area (Å²) in [5.74, 6) is 0.316. The number of hydrogen-bond donors (Lipinski definition) is 1. The number of rotatable bonds is 6. The average Bonchev–Trinajstić information content (AvgIpc) is 3.11. The van der Waals surface area contributed by atoms with Crippen molar-refractivity contribution in [3.63, 3.8) is 0 Å². The summed E-state index contributed by atoms with van der Waals surface area (Å²) in [4.78, 5) is 19.0. The third kappa shape index (κ3) is 4.67. The summed E-state index contributed by atoms with van der Waals surface area (Å²) in [5, 5.41) is 3.02. The fourth-order valence-electron chi connectivity index (χ4n) is 2.88. The number of ether oxygens (including phenoxy) is 1. The predicted octanol–water partition coefficient (Wildman–Crippen LogP) is 2.49. The molecule has 3 rings (SSSR count). The molecule has 2 heterocycles. The van der Waals surface area contributed by atoms with Crippen LogP contribution in [0.25, 0.3) is 11.3 Å². The first kappa shape index (κ1) is 17.6. The summed E-state index contributed by atoms with van der Waals surface area (Å²) in [6.07, 6.45) is 2.21. The number of morpholine rings is 1. The molecule has 1 fully saturated rings. The molecule has 0 radical (unpaired) electrons. The molecule has 1 saturated heterocycles. The van der Waals surface area contributed by atoms with Crippen LogP contribution in [0.3, 0.4) is 0 Å². The molecule has 0 aliphatic carbocycles. The maximum atomic E-state index is 12.6. The van der Waals surface area contributed by atoms with Crippen molar-refractivity contribution in [1.82, 2.24) is 15.2 Å². The molecule has 1 aliphatic heterocycles. The van der Waals surface area contributed by atoms with Gasteiger partial charge in [-0.25, -0.2) is 4.98 Å². The van der Waals surface area contributed by atoms with Crippen LogP contribution in [0.2, 0.25) is 0 Å². The summed E-state index contributed by atoms with van der Waals surface area (Å²) < 4.78 is 10.8. The smallest absolute Gasteiger partial charge is 0.274 e. The van der Waals surface area contributed by atoms with Crippen molar-refractivity contribution in [3.05, 3.63) is 41.9 Å². The van der Waals surface area contributed by atoms with Gasteiger partial charge in [-0.2, -0.15) is 0 Å². The number of amides is 1. The van der Waals surface area contributed by atoms with Gasteiger partial charge in [0, 0.05) is 31.2 Å². The number of hydrogen-bond acceptors (Lipinski definition) is 5. The van der Waals surface area contributed by atoms with E-state index in [4.69, 9.17) is 9.15 Å². The maximum Gasteiger partial charge on any atom is 0.274 e. The molecule has 1 amide bonds. The van der Waals surface area contributed by atoms with Gasteiger partial charge in [0.2, 0.25) is 0 Å². The molecule has 0 spiro atoms. The van der Waals surface area contributed by atoms with E-state index in [1.54, 1.807) is 0 Å². The zero-order valence-electron chi connectivity index (χ0n) is 14.8. The first-order valence-corrected chi connectivity index (χ1v) is 8.75. The van der Waals surface area contributed by atoms with Gasteiger partial charge >= 0.3 is 0 Å². The summed E-state index contributed by atoms with van der Waals surface area (Å²) in [6, 6.07) is 7.93. The molecular weight excluding hydrogens is 318 g/mol. The quantitative estimate of drug-likeness (QED) is 0.873. The molecule has 1 aromatic carbocycles. The summed E-state index contributed by atoms with van der Waals surface area (Å²) in [7, 11) is 0. The lowest BCUT2D eigenvalue weighted by molar-refractivity contribution is 0.0363. The molecule has 0 bridgehead atoms. The van der Waals surface area contributed by atoms with Crippen LogP contribution in [0.1, 0.15) is 29.4 Å². The standard InChI is InChI=1S/C19H25N3O3/c1-14-3-5-16(6-4-14)18-17(20-13-25-18)19(23)21-15(2)7-8-22-9-11-24-12-10-22/h3-6,13,15H,7-12H2,1-2H3,(H,21,23). The summed E-state index contributed by atoms with van der Waals surface area (Å²) in [5.41, 5.74) is 2.35. The molecule has 2 aromatic rings. The van der Waals surface area contributed by atoms with Gasteiger partial charge in [0.15, 0.2) is 17.8 Å². The van der Waals surface area contributed by atoms with E-state index in [1.165, 1.54) is 6.39 Å². The van der Waals surface area contributed by atoms with E-state index >= 15 is 0 Å². The molecule has 1 aliphatic rings. The second kappa shape index (κ2) is 8.27. The SMILES string of the molecule is Cc1ccc(-c2ocnc2C(=O)NC(C)CCN2CCOCC2)cc1. The number of carbonyl (C=O) groups excluding carboxylic acids is 1. The van der Waals surface area contributed by atoms with Crippen molar-refractivity contribution < 1.29 is 13.9 Å². The van der Waals surface area contributed by atoms with E-state index in [9.17, 15) is 4.79 Å². The molecular formula is C19H25N3O3. The van der Waals surface area contributed by atoms with Gasteiger partial charge in [-0.05, 0) is 20.3 Å². The first-order chi connectivity index (χ1) is 12.1. The van der Waals surface area contributed by atoms with Gasteiger partial charge in [-0.3, -0.25) is 9.69 Å². The number of aryl methyl sites for hydroxylation is 1. The van der Waals surface area contributed by atoms with Crippen LogP contribution >= 0.6 is 0 Å². The highest BCUT2D eigenvalue weighted by atomic mass is 16.5. The minimum absolute atomic E-state index is 0.0675. The van der Waals surface area contributed by atoms with Gasteiger partial charge in [0.1, 0.15) is 0 Å². The highest BCUT2D eigenvalue weighted by Gasteiger charge is 2.20. The van der Waals surface area contributed by atoms with Gasteiger partial charge in [-0.1, -0.05) is 29.8 Å². The molecule has 6 heteroatoms. The van der Waals surface area contributed by atoms with Crippen molar-refractivity contribution >= 4 is 5.91 Å². The Labute approximate surface area is 148 Å². The van der Waals surface area contributed by atoms with E-state index in [-0.39, 0.29) is 11.9 Å². The Morgan fingerprint density at radius 1 is 1.28 bits per heavy atom. The van der Waals surface area contributed by atoms with Crippen LogP contribution in [0.4, 0.5) is 0 Å². The van der Waals surface area contributed by atoms with Crippen molar-refractivity contribution in [3.8, 4) is 11.3 Å². The van der Waals surface area contributed by atoms with Gasteiger partial charge in [0.05, 0.1) is 13.2 Å². The number of carbonyl (C=O) groups is 1. The Hall–Kier alpha value is -2.18. The largest absolute Gasteiger partial charge is 0.443 e. The Balaban J connectivity index is 1.58. The fraction of sp³-hybridized carbons (Fsp3) is 0.474. The van der Waals surface area contributed by atoms with E-state index in [2.05, 4.69) is 15.2 Å². The second-order valence-corrected chi connectivity index (χ2v) is 6.51. The van der Waals surface area contributed by atoms with Crippen LogP contribution in [-0.2, 0) is 4.74 Å². The molecule has 1 N–H and O–H groups in total. The van der Waals surface area contributed by atoms with Gasteiger partial charge in [-0.15, -0.1) is 0 Å². The number of nitrogens with one attached hydrogen (secondary N) is 1. The zero-order chi connectivity index (χ0) is 17.6. The van der Waals surface area contributed by atoms with Crippen molar-refractivity contribution in [2.45, 2.75) is 26.3 Å². The number of benzene rings is 1. The fourth-order valence-corrected chi connectivity index (χ4v) is 2.88. The molecule has 1 atom stereocenters. The molecule has 25 heavy (non-hydrogen) atoms. The average molecular weight is 343 g/mol. The third-order valence-electron chi connectivity index (χ3n) is 4.46. The number of aromatic nitrogens is 1. The van der Waals surface area contributed by atoms with Crippen molar-refractivity contribution in [2.24, 2.45) is 0 Å². The second-order valence-electron chi connectivity index (χ2n) is 6.51. The normalized spacial score (nSPS) is 16.6. The van der Waals surface area contributed by atoms with Crippen molar-refractivity contribution in [1.29, 1.82) is 0 Å². The number of oxazole rings is 1. The topological polar surface area (TPSA) is 67.6 Å². The lowest BCUT2D eigenvalue weighted by Crippen LogP contribution is -2.40. The Morgan fingerprint density at radius 2 is 2.00 bits per heavy atom. The minimum atomic E-state index is -0.196. The van der Waals surface area contributed by atoms with Crippen LogP contribution in [0, 0.1) is 6.92 Å². The lowest BCUT2D eigenvalue weighted by atomic mass is 10.1. The van der Waals surface area contributed by atoms with Crippen molar-refractivity contribution in [2.75, 3.05) is 32.8 Å². The Morgan fingerprint density at radius 3 is 2.72 bits per heavy atom. The maximum absolute atomic E-state index is 12.6. The lowest BCUT2D eigenvalue weighted by Gasteiger charge is -2.27. The van der Waals surface area contributed by atoms with Crippen LogP contribution in [-0.4, -0.2) is 54.7 Å². The first-order valence-electron chi connectivity index (χ1n) is 8.75. The van der Waals surface area contributed by atoms with Crippen LogP contribution in [0.15, 0.2) is 35.1 Å². The minimum Gasteiger partial charge on any atom is -0.443 e. The van der Waals surface area contributed by atoms with Crippen LogP contribution < -0.4 is 5.32 Å². The van der Waals surface area contributed by atoms with Gasteiger partial charge in [0.25, 0.3) is 5.91 Å². The zero-order valence-corrected chi connectivity index (χ0v) is 14.8. The number of nitrogens with zero attached hydrogens (tertiary/aromatic N) is 2. The predicted molar refractivity (Wildman–Crippen MR) is 95.5 cm³/mol. The molecule has 0 saturated carbocycles. The molecule has 134 valence electrons. The van der Waals surface area contributed by atoms with E-state index in [0.29, 0.717) is 11.5 Å².